The van der Waals surface area contributed by atoms with Gasteiger partial charge in [-0.1, -0.05) is 11.6 Å². The van der Waals surface area contributed by atoms with Gasteiger partial charge in [0.05, 0.1) is 34.4 Å². The van der Waals surface area contributed by atoms with Crippen LogP contribution in [0.3, 0.4) is 0 Å². The number of aliphatic hydroxyl groups excluding tert-OH is 1. The maximum atomic E-state index is 10.8. The number of ether oxygens (including phenoxy) is 1. The van der Waals surface area contributed by atoms with Crippen molar-refractivity contribution in [3.8, 4) is 0 Å². The van der Waals surface area contributed by atoms with E-state index in [1.165, 1.54) is 12.1 Å². The number of benzene rings is 1. The lowest BCUT2D eigenvalue weighted by Crippen LogP contribution is -2.48. The highest BCUT2D eigenvalue weighted by molar-refractivity contribution is 6.33. The number of nitro benzene ring substituents is 1. The summed E-state index contributed by atoms with van der Waals surface area (Å²) in [5.74, 6) is 0. The summed E-state index contributed by atoms with van der Waals surface area (Å²) in [5, 5.41) is 20.4. The topological polar surface area (TPSA) is 75.8 Å². The Labute approximate surface area is 122 Å². The van der Waals surface area contributed by atoms with Crippen LogP contribution >= 0.6 is 11.6 Å². The average molecular weight is 301 g/mol. The molecular formula is C13H17ClN2O4. The molecule has 2 atom stereocenters. The smallest absolute Gasteiger partial charge is 0.271 e. The second-order valence-electron chi connectivity index (χ2n) is 5.01. The zero-order chi connectivity index (χ0) is 14.9. The Morgan fingerprint density at radius 2 is 2.25 bits per heavy atom. The van der Waals surface area contributed by atoms with E-state index in [2.05, 4.69) is 0 Å². The third kappa shape index (κ3) is 3.03. The molecule has 1 saturated heterocycles. The number of aryl methyl sites for hydroxylation is 1. The molecule has 7 heteroatoms. The van der Waals surface area contributed by atoms with Crippen LogP contribution in [0.2, 0.25) is 5.02 Å². The number of anilines is 1. The number of non-ortho nitro benzene ring substituents is 1. The van der Waals surface area contributed by atoms with Crippen molar-refractivity contribution in [2.45, 2.75) is 26.1 Å². The first-order valence-electron chi connectivity index (χ1n) is 6.38. The predicted molar refractivity (Wildman–Crippen MR) is 76.5 cm³/mol. The zero-order valence-electron chi connectivity index (χ0n) is 11.4. The minimum absolute atomic E-state index is 0.0173. The summed E-state index contributed by atoms with van der Waals surface area (Å²) in [7, 11) is 0. The van der Waals surface area contributed by atoms with Crippen LogP contribution in [0.15, 0.2) is 12.1 Å². The molecule has 1 aromatic carbocycles. The number of halogens is 1. The van der Waals surface area contributed by atoms with Gasteiger partial charge in [0.1, 0.15) is 0 Å². The maximum absolute atomic E-state index is 10.8. The van der Waals surface area contributed by atoms with Crippen LogP contribution in [0.1, 0.15) is 12.5 Å². The predicted octanol–water partition coefficient (Wildman–Crippen LogP) is 2.14. The Kier molecular flexibility index (Phi) is 4.47. The lowest BCUT2D eigenvalue weighted by Gasteiger charge is -2.38. The molecular weight excluding hydrogens is 284 g/mol. The largest absolute Gasteiger partial charge is 0.394 e. The minimum atomic E-state index is -0.457. The third-order valence-electron chi connectivity index (χ3n) is 3.30. The van der Waals surface area contributed by atoms with Gasteiger partial charge in [-0.3, -0.25) is 10.1 Å². The van der Waals surface area contributed by atoms with E-state index in [1.54, 1.807) is 6.92 Å². The van der Waals surface area contributed by atoms with E-state index in [-0.39, 0.29) is 24.5 Å². The van der Waals surface area contributed by atoms with Gasteiger partial charge in [-0.05, 0) is 19.4 Å². The molecule has 1 fully saturated rings. The molecule has 0 spiro atoms. The summed E-state index contributed by atoms with van der Waals surface area (Å²) >= 11 is 6.20. The number of nitrogens with zero attached hydrogens (tertiary/aromatic N) is 2. The van der Waals surface area contributed by atoms with Gasteiger partial charge in [-0.25, -0.2) is 0 Å². The van der Waals surface area contributed by atoms with Crippen LogP contribution in [0.5, 0.6) is 0 Å². The molecule has 0 bridgehead atoms. The summed E-state index contributed by atoms with van der Waals surface area (Å²) in [4.78, 5) is 12.4. The van der Waals surface area contributed by atoms with Gasteiger partial charge in [-0.2, -0.15) is 0 Å². The van der Waals surface area contributed by atoms with Gasteiger partial charge in [-0.15, -0.1) is 0 Å². The maximum Gasteiger partial charge on any atom is 0.271 e. The number of aliphatic hydroxyl groups is 1. The Hall–Kier alpha value is -1.37. The molecule has 2 unspecified atom stereocenters. The highest BCUT2D eigenvalue weighted by Gasteiger charge is 2.28. The summed E-state index contributed by atoms with van der Waals surface area (Å²) in [5.41, 5.74) is 1.50. The molecule has 6 nitrogen and oxygen atoms in total. The number of morpholine rings is 1. The van der Waals surface area contributed by atoms with E-state index < -0.39 is 4.92 Å². The SMILES string of the molecule is Cc1cc([N+](=O)[O-])cc(Cl)c1N1CC(C)OC(CO)C1. The molecule has 1 aromatic rings. The monoisotopic (exact) mass is 300 g/mol. The van der Waals surface area contributed by atoms with Crippen molar-refractivity contribution in [1.82, 2.24) is 0 Å². The van der Waals surface area contributed by atoms with Crippen molar-refractivity contribution in [2.24, 2.45) is 0 Å². The minimum Gasteiger partial charge on any atom is -0.394 e. The van der Waals surface area contributed by atoms with Crippen LogP contribution < -0.4 is 4.90 Å². The summed E-state index contributed by atoms with van der Waals surface area (Å²) in [6.45, 7) is 4.80. The first-order valence-corrected chi connectivity index (χ1v) is 6.76. The van der Waals surface area contributed by atoms with E-state index in [4.69, 9.17) is 16.3 Å². The molecule has 2 rings (SSSR count). The van der Waals surface area contributed by atoms with Crippen molar-refractivity contribution in [2.75, 3.05) is 24.6 Å². The van der Waals surface area contributed by atoms with E-state index >= 15 is 0 Å². The second kappa shape index (κ2) is 5.95. The fourth-order valence-corrected chi connectivity index (χ4v) is 2.93. The molecule has 1 heterocycles. The van der Waals surface area contributed by atoms with Crippen LogP contribution in [0.4, 0.5) is 11.4 Å². The van der Waals surface area contributed by atoms with Crippen molar-refractivity contribution in [3.63, 3.8) is 0 Å². The van der Waals surface area contributed by atoms with Gasteiger partial charge in [0.15, 0.2) is 0 Å². The molecule has 20 heavy (non-hydrogen) atoms. The quantitative estimate of drug-likeness (QED) is 0.684. The van der Waals surface area contributed by atoms with Gasteiger partial charge < -0.3 is 14.7 Å². The van der Waals surface area contributed by atoms with Gasteiger partial charge >= 0.3 is 0 Å². The average Bonchev–Trinajstić information content (AvgIpc) is 2.37. The molecule has 1 aliphatic heterocycles. The van der Waals surface area contributed by atoms with Crippen LogP contribution in [-0.2, 0) is 4.74 Å². The number of rotatable bonds is 3. The number of hydrogen-bond donors (Lipinski definition) is 1. The van der Waals surface area contributed by atoms with Gasteiger partial charge in [0, 0.05) is 25.2 Å². The molecule has 1 aliphatic rings. The van der Waals surface area contributed by atoms with Crippen molar-refractivity contribution in [3.05, 3.63) is 32.8 Å². The van der Waals surface area contributed by atoms with E-state index in [1.807, 2.05) is 11.8 Å². The van der Waals surface area contributed by atoms with Crippen LogP contribution in [0, 0.1) is 17.0 Å². The summed E-state index contributed by atoms with van der Waals surface area (Å²) < 4.78 is 5.59. The van der Waals surface area contributed by atoms with Crippen molar-refractivity contribution < 1.29 is 14.8 Å². The van der Waals surface area contributed by atoms with E-state index in [9.17, 15) is 15.2 Å². The molecule has 0 amide bonds. The molecule has 110 valence electrons. The molecule has 0 aromatic heterocycles. The van der Waals surface area contributed by atoms with Gasteiger partial charge in [0.2, 0.25) is 0 Å². The number of nitro groups is 1. The Balaban J connectivity index is 2.34. The molecule has 1 N–H and O–H groups in total. The lowest BCUT2D eigenvalue weighted by atomic mass is 10.1. The summed E-state index contributed by atoms with van der Waals surface area (Å²) in [6.07, 6.45) is -0.309. The fourth-order valence-electron chi connectivity index (χ4n) is 2.55. The van der Waals surface area contributed by atoms with Crippen LogP contribution in [-0.4, -0.2) is 41.9 Å². The van der Waals surface area contributed by atoms with Gasteiger partial charge in [0.25, 0.3) is 5.69 Å². The van der Waals surface area contributed by atoms with E-state index in [0.29, 0.717) is 18.1 Å². The zero-order valence-corrected chi connectivity index (χ0v) is 12.1. The van der Waals surface area contributed by atoms with Crippen LogP contribution in [0.25, 0.3) is 0 Å². The second-order valence-corrected chi connectivity index (χ2v) is 5.41. The third-order valence-corrected chi connectivity index (χ3v) is 3.58. The first-order chi connectivity index (χ1) is 9.42. The van der Waals surface area contributed by atoms with E-state index in [0.717, 1.165) is 11.3 Å². The van der Waals surface area contributed by atoms with Crippen molar-refractivity contribution >= 4 is 23.0 Å². The van der Waals surface area contributed by atoms with Crippen molar-refractivity contribution in [1.29, 1.82) is 0 Å². The summed E-state index contributed by atoms with van der Waals surface area (Å²) in [6, 6.07) is 2.87. The number of hydrogen-bond acceptors (Lipinski definition) is 5. The normalized spacial score (nSPS) is 22.9. The highest BCUT2D eigenvalue weighted by atomic mass is 35.5. The fraction of sp³-hybridized carbons (Fsp3) is 0.538. The standard InChI is InChI=1S/C13H17ClN2O4/c1-8-3-10(16(18)19)4-12(14)13(8)15-5-9(2)20-11(6-15)7-17/h3-4,9,11,17H,5-7H2,1-2H3. The molecule has 0 radical (unpaired) electrons. The first kappa shape index (κ1) is 15.0. The highest BCUT2D eigenvalue weighted by Crippen LogP contribution is 2.35. The molecule has 0 saturated carbocycles. The molecule has 0 aliphatic carbocycles. The Morgan fingerprint density at radius 1 is 1.55 bits per heavy atom. The Bertz CT molecular complexity index is 500. The Morgan fingerprint density at radius 3 is 2.80 bits per heavy atom. The lowest BCUT2D eigenvalue weighted by molar-refractivity contribution is -0.384.